The minimum atomic E-state index is 0.292. The van der Waals surface area contributed by atoms with Crippen LogP contribution in [-0.4, -0.2) is 48.9 Å². The van der Waals surface area contributed by atoms with Crippen LogP contribution >= 0.6 is 0 Å². The van der Waals surface area contributed by atoms with E-state index in [1.54, 1.807) is 0 Å². The number of hydrogen-bond donors (Lipinski definition) is 1. The van der Waals surface area contributed by atoms with Crippen molar-refractivity contribution in [2.24, 2.45) is 11.8 Å². The first-order valence-electron chi connectivity index (χ1n) is 8.34. The van der Waals surface area contributed by atoms with Gasteiger partial charge in [0.1, 0.15) is 5.82 Å². The van der Waals surface area contributed by atoms with Gasteiger partial charge < -0.3 is 14.9 Å². The molecule has 2 heterocycles. The van der Waals surface area contributed by atoms with Gasteiger partial charge in [0, 0.05) is 39.9 Å². The van der Waals surface area contributed by atoms with Crippen LogP contribution in [0.1, 0.15) is 45.2 Å². The zero-order valence-electron chi connectivity index (χ0n) is 14.6. The van der Waals surface area contributed by atoms with Crippen LogP contribution in [0.2, 0.25) is 0 Å². The molecule has 0 aromatic carbocycles. The van der Waals surface area contributed by atoms with Gasteiger partial charge in [-0.3, -0.25) is 0 Å². The SMILES string of the molecule is CC(C)c1cc(N2CCC(C(C)CO)CC2)nc(N(C)C)n1. The second kappa shape index (κ2) is 7.27. The molecule has 1 unspecified atom stereocenters. The van der Waals surface area contributed by atoms with Crippen molar-refractivity contribution < 1.29 is 5.11 Å². The third-order valence-corrected chi connectivity index (χ3v) is 4.67. The Morgan fingerprint density at radius 3 is 2.36 bits per heavy atom. The van der Waals surface area contributed by atoms with Gasteiger partial charge in [0.15, 0.2) is 0 Å². The molecule has 22 heavy (non-hydrogen) atoms. The summed E-state index contributed by atoms with van der Waals surface area (Å²) in [4.78, 5) is 13.7. The molecule has 5 nitrogen and oxygen atoms in total. The first-order valence-corrected chi connectivity index (χ1v) is 8.34. The average Bonchev–Trinajstić information content (AvgIpc) is 2.53. The lowest BCUT2D eigenvalue weighted by atomic mass is 9.86. The highest BCUT2D eigenvalue weighted by atomic mass is 16.3. The molecular formula is C17H30N4O. The van der Waals surface area contributed by atoms with E-state index in [4.69, 9.17) is 4.98 Å². The molecule has 0 saturated carbocycles. The fourth-order valence-corrected chi connectivity index (χ4v) is 2.94. The Bertz CT molecular complexity index is 455. The topological polar surface area (TPSA) is 52.5 Å². The number of nitrogens with zero attached hydrogens (tertiary/aromatic N) is 4. The number of anilines is 2. The summed E-state index contributed by atoms with van der Waals surface area (Å²) in [7, 11) is 3.97. The molecule has 1 N–H and O–H groups in total. The Morgan fingerprint density at radius 1 is 1.23 bits per heavy atom. The molecule has 1 fully saturated rings. The average molecular weight is 306 g/mol. The van der Waals surface area contributed by atoms with Gasteiger partial charge in [0.2, 0.25) is 5.95 Å². The minimum absolute atomic E-state index is 0.292. The molecule has 0 spiro atoms. The highest BCUT2D eigenvalue weighted by Gasteiger charge is 2.25. The second-order valence-corrected chi connectivity index (χ2v) is 6.98. The molecule has 1 aromatic heterocycles. The van der Waals surface area contributed by atoms with Crippen molar-refractivity contribution in [1.29, 1.82) is 0 Å². The largest absolute Gasteiger partial charge is 0.396 e. The lowest BCUT2D eigenvalue weighted by Crippen LogP contribution is -2.37. The zero-order valence-corrected chi connectivity index (χ0v) is 14.6. The van der Waals surface area contributed by atoms with Crippen molar-refractivity contribution in [3.63, 3.8) is 0 Å². The fraction of sp³-hybridized carbons (Fsp3) is 0.765. The lowest BCUT2D eigenvalue weighted by Gasteiger charge is -2.35. The Hall–Kier alpha value is -1.36. The summed E-state index contributed by atoms with van der Waals surface area (Å²) in [6, 6.07) is 2.13. The monoisotopic (exact) mass is 306 g/mol. The molecule has 1 aliphatic rings. The summed E-state index contributed by atoms with van der Waals surface area (Å²) in [5.41, 5.74) is 1.10. The predicted octanol–water partition coefficient (Wildman–Crippen LogP) is 2.51. The number of hydrogen-bond acceptors (Lipinski definition) is 5. The smallest absolute Gasteiger partial charge is 0.227 e. The van der Waals surface area contributed by atoms with E-state index in [0.717, 1.165) is 43.4 Å². The molecule has 1 aliphatic heterocycles. The van der Waals surface area contributed by atoms with Crippen LogP contribution in [0.4, 0.5) is 11.8 Å². The van der Waals surface area contributed by atoms with Crippen LogP contribution < -0.4 is 9.80 Å². The van der Waals surface area contributed by atoms with E-state index in [0.29, 0.717) is 24.4 Å². The third kappa shape index (κ3) is 3.88. The number of aromatic nitrogens is 2. The molecule has 5 heteroatoms. The summed E-state index contributed by atoms with van der Waals surface area (Å²) in [6.45, 7) is 8.79. The van der Waals surface area contributed by atoms with Crippen LogP contribution in [0.25, 0.3) is 0 Å². The lowest BCUT2D eigenvalue weighted by molar-refractivity contribution is 0.170. The Labute approximate surface area is 134 Å². The van der Waals surface area contributed by atoms with Gasteiger partial charge in [-0.05, 0) is 30.6 Å². The molecule has 124 valence electrons. The van der Waals surface area contributed by atoms with Crippen molar-refractivity contribution in [1.82, 2.24) is 9.97 Å². The molecule has 0 radical (unpaired) electrons. The summed E-state index contributed by atoms with van der Waals surface area (Å²) in [6.07, 6.45) is 2.25. The summed E-state index contributed by atoms with van der Waals surface area (Å²) >= 11 is 0. The van der Waals surface area contributed by atoms with Crippen molar-refractivity contribution in [3.05, 3.63) is 11.8 Å². The van der Waals surface area contributed by atoms with Gasteiger partial charge in [-0.2, -0.15) is 4.98 Å². The molecular weight excluding hydrogens is 276 g/mol. The summed E-state index contributed by atoms with van der Waals surface area (Å²) in [5.74, 6) is 3.24. The van der Waals surface area contributed by atoms with Crippen LogP contribution in [0.15, 0.2) is 6.07 Å². The first-order chi connectivity index (χ1) is 10.4. The van der Waals surface area contributed by atoms with E-state index in [2.05, 4.69) is 36.7 Å². The molecule has 2 rings (SSSR count). The van der Waals surface area contributed by atoms with E-state index in [1.165, 1.54) is 0 Å². The summed E-state index contributed by atoms with van der Waals surface area (Å²) < 4.78 is 0. The van der Waals surface area contributed by atoms with Crippen LogP contribution in [-0.2, 0) is 0 Å². The van der Waals surface area contributed by atoms with Crippen molar-refractivity contribution in [3.8, 4) is 0 Å². The van der Waals surface area contributed by atoms with Crippen LogP contribution in [0.3, 0.4) is 0 Å². The third-order valence-electron chi connectivity index (χ3n) is 4.67. The van der Waals surface area contributed by atoms with Crippen molar-refractivity contribution in [2.45, 2.75) is 39.5 Å². The van der Waals surface area contributed by atoms with E-state index >= 15 is 0 Å². The minimum Gasteiger partial charge on any atom is -0.396 e. The van der Waals surface area contributed by atoms with E-state index < -0.39 is 0 Å². The molecule has 1 aromatic rings. The molecule has 0 amide bonds. The number of aliphatic hydroxyl groups is 1. The highest BCUT2D eigenvalue weighted by Crippen LogP contribution is 2.29. The Morgan fingerprint density at radius 2 is 1.86 bits per heavy atom. The Balaban J connectivity index is 2.15. The maximum Gasteiger partial charge on any atom is 0.227 e. The molecule has 0 bridgehead atoms. The van der Waals surface area contributed by atoms with Gasteiger partial charge in [-0.15, -0.1) is 0 Å². The quantitative estimate of drug-likeness (QED) is 0.906. The van der Waals surface area contributed by atoms with Crippen LogP contribution in [0, 0.1) is 11.8 Å². The number of aliphatic hydroxyl groups excluding tert-OH is 1. The fourth-order valence-electron chi connectivity index (χ4n) is 2.94. The number of rotatable bonds is 5. The predicted molar refractivity (Wildman–Crippen MR) is 91.6 cm³/mol. The maximum atomic E-state index is 9.33. The van der Waals surface area contributed by atoms with E-state index in [1.807, 2.05) is 19.0 Å². The van der Waals surface area contributed by atoms with Crippen molar-refractivity contribution in [2.75, 3.05) is 43.6 Å². The maximum absolute atomic E-state index is 9.33. The first kappa shape index (κ1) is 17.0. The van der Waals surface area contributed by atoms with Gasteiger partial charge in [-0.1, -0.05) is 20.8 Å². The molecule has 1 atom stereocenters. The highest BCUT2D eigenvalue weighted by molar-refractivity contribution is 5.46. The molecule has 1 saturated heterocycles. The summed E-state index contributed by atoms with van der Waals surface area (Å²) in [5, 5.41) is 9.33. The Kier molecular flexibility index (Phi) is 5.62. The van der Waals surface area contributed by atoms with Gasteiger partial charge in [-0.25, -0.2) is 4.98 Å². The van der Waals surface area contributed by atoms with Crippen LogP contribution in [0.5, 0.6) is 0 Å². The number of piperidine rings is 1. The standard InChI is InChI=1S/C17H30N4O/c1-12(2)15-10-16(19-17(18-15)20(4)5)21-8-6-14(7-9-21)13(3)11-22/h10,12-14,22H,6-9,11H2,1-5H3. The van der Waals surface area contributed by atoms with E-state index in [9.17, 15) is 5.11 Å². The van der Waals surface area contributed by atoms with Gasteiger partial charge in [0.25, 0.3) is 0 Å². The second-order valence-electron chi connectivity index (χ2n) is 6.98. The van der Waals surface area contributed by atoms with Crippen molar-refractivity contribution >= 4 is 11.8 Å². The zero-order chi connectivity index (χ0) is 16.3. The van der Waals surface area contributed by atoms with Gasteiger partial charge >= 0.3 is 0 Å². The normalized spacial score (nSPS) is 17.9. The van der Waals surface area contributed by atoms with Gasteiger partial charge in [0.05, 0.1) is 5.69 Å². The van der Waals surface area contributed by atoms with E-state index in [-0.39, 0.29) is 0 Å². The molecule has 0 aliphatic carbocycles.